The molecule has 2 aliphatic heterocycles. The average Bonchev–Trinajstić information content (AvgIpc) is 3.96. The summed E-state index contributed by atoms with van der Waals surface area (Å²) in [5.41, 5.74) is -4.62. The summed E-state index contributed by atoms with van der Waals surface area (Å²) in [6, 6.07) is 6.81. The zero-order chi connectivity index (χ0) is 58.6. The molecule has 4 aromatic rings. The van der Waals surface area contributed by atoms with E-state index < -0.39 is 115 Å². The van der Waals surface area contributed by atoms with Crippen molar-refractivity contribution in [2.45, 2.75) is 134 Å². The van der Waals surface area contributed by atoms with Gasteiger partial charge in [-0.25, -0.2) is 33.0 Å². The lowest BCUT2D eigenvalue weighted by Gasteiger charge is -2.48. The van der Waals surface area contributed by atoms with Crippen molar-refractivity contribution in [1.82, 2.24) is 46.0 Å². The number of alkyl carbamates (subject to hydrolysis) is 1. The molecule has 0 radical (unpaired) electrons. The predicted octanol–water partition coefficient (Wildman–Crippen LogP) is 7.68. The predicted molar refractivity (Wildman–Crippen MR) is 268 cm³/mol. The van der Waals surface area contributed by atoms with E-state index in [0.29, 0.717) is 74.1 Å². The Balaban J connectivity index is 1.18. The first-order valence-corrected chi connectivity index (χ1v) is 25.4. The van der Waals surface area contributed by atoms with Crippen molar-refractivity contribution in [1.29, 1.82) is 0 Å². The van der Waals surface area contributed by atoms with Crippen LogP contribution in [-0.4, -0.2) is 140 Å². The Morgan fingerprint density at radius 3 is 1.86 bits per heavy atom. The number of hydrazine groups is 1. The molecule has 2 bridgehead atoms. The Labute approximate surface area is 453 Å². The number of aliphatic hydroxyl groups excluding tert-OH is 1. The normalized spacial score (nSPS) is 18.6. The highest BCUT2D eigenvalue weighted by atomic mass is 19.4. The lowest BCUT2D eigenvalue weighted by molar-refractivity contribution is -0.221. The SMILES string of the molecule is COC(=O)N[C@H](C(=O)N[C@@H](Cc1ccc(C#Cc2ccc(N3CC4CCC(C3)N4C3CCC3)nc2)cc1)[C@@H](O)CN(Cc1c(F)cc(-c2ccn(C(F)F)n2)cc1F)NC(=O)[C@@H](NC(=O)O)C(C)(C)C(F)(F)F)C(C)(C)C(F)(F)F. The van der Waals surface area contributed by atoms with Gasteiger partial charge in [-0.05, 0) is 108 Å². The van der Waals surface area contributed by atoms with E-state index >= 15 is 8.78 Å². The molecule has 434 valence electrons. The number of aliphatic hydroxyl groups is 1. The maximum absolute atomic E-state index is 16.0. The van der Waals surface area contributed by atoms with Gasteiger partial charge in [0, 0.05) is 79.0 Å². The molecule has 3 aliphatic rings. The first-order chi connectivity index (χ1) is 37.5. The lowest BCUT2D eigenvalue weighted by Crippen LogP contribution is -2.63. The molecule has 2 unspecified atom stereocenters. The molecule has 0 spiro atoms. The second kappa shape index (κ2) is 24.3. The van der Waals surface area contributed by atoms with E-state index in [2.05, 4.69) is 41.8 Å². The Hall–Kier alpha value is -7.18. The van der Waals surface area contributed by atoms with Crippen molar-refractivity contribution in [3.8, 4) is 23.1 Å². The lowest BCUT2D eigenvalue weighted by atomic mass is 9.82. The number of hydrogen-bond donors (Lipinski definition) is 6. The zero-order valence-electron chi connectivity index (χ0n) is 43.9. The second-order valence-corrected chi connectivity index (χ2v) is 21.2. The number of piperazine rings is 1. The van der Waals surface area contributed by atoms with Gasteiger partial charge in [-0.2, -0.15) is 40.2 Å². The number of nitrogens with one attached hydrogen (secondary N) is 4. The summed E-state index contributed by atoms with van der Waals surface area (Å²) in [4.78, 5) is 61.8. The molecular weight excluding hydrogens is 1080 g/mol. The number of hydrogen-bond acceptors (Lipinski definition) is 11. The molecule has 1 aliphatic carbocycles. The molecule has 2 aromatic heterocycles. The van der Waals surface area contributed by atoms with E-state index in [1.54, 1.807) is 18.3 Å². The molecular formula is C53H60F10N10O7. The van der Waals surface area contributed by atoms with Gasteiger partial charge >= 0.3 is 31.1 Å². The molecule has 6 atom stereocenters. The van der Waals surface area contributed by atoms with Crippen LogP contribution in [0.2, 0.25) is 0 Å². The fourth-order valence-electron chi connectivity index (χ4n) is 9.91. The van der Waals surface area contributed by atoms with Crippen LogP contribution in [0.1, 0.15) is 88.6 Å². The number of fused-ring (bicyclic) bond motifs is 2. The van der Waals surface area contributed by atoms with Gasteiger partial charge < -0.3 is 35.8 Å². The third-order valence-electron chi connectivity index (χ3n) is 15.1. The summed E-state index contributed by atoms with van der Waals surface area (Å²) in [7, 11) is 0.814. The Morgan fingerprint density at radius 1 is 0.787 bits per heavy atom. The summed E-state index contributed by atoms with van der Waals surface area (Å²) in [5.74, 6) is 0.679. The van der Waals surface area contributed by atoms with Gasteiger partial charge in [-0.1, -0.05) is 30.4 Å². The van der Waals surface area contributed by atoms with Crippen molar-refractivity contribution in [3.05, 3.63) is 101 Å². The first-order valence-electron chi connectivity index (χ1n) is 25.4. The molecule has 6 N–H and O–H groups in total. The molecule has 7 rings (SSSR count). The number of rotatable bonds is 19. The van der Waals surface area contributed by atoms with E-state index in [4.69, 9.17) is 0 Å². The summed E-state index contributed by atoms with van der Waals surface area (Å²) in [6.45, 7) is -1.56. The minimum absolute atomic E-state index is 0.190. The molecule has 2 aromatic carbocycles. The molecule has 17 nitrogen and oxygen atoms in total. The topological polar surface area (TPSA) is 207 Å². The van der Waals surface area contributed by atoms with Crippen LogP contribution in [0.15, 0.2) is 67.0 Å². The number of pyridine rings is 1. The Kier molecular flexibility index (Phi) is 18.3. The number of nitrogens with zero attached hydrogens (tertiary/aromatic N) is 6. The molecule has 4 heterocycles. The molecule has 80 heavy (non-hydrogen) atoms. The molecule has 3 fully saturated rings. The van der Waals surface area contributed by atoms with Crippen LogP contribution in [0.5, 0.6) is 0 Å². The minimum atomic E-state index is -5.28. The number of amides is 4. The molecule has 1 saturated carbocycles. The van der Waals surface area contributed by atoms with Crippen molar-refractivity contribution < 1.29 is 78.0 Å². The second-order valence-electron chi connectivity index (χ2n) is 21.2. The number of aromatic nitrogens is 3. The number of halogens is 10. The smallest absolute Gasteiger partial charge is 0.407 e. The standard InChI is InChI=1S/C53H60F10N10O7/c1-50(2,52(58,59)60)43(67-49(79)80-5)45(75)65-40(21-30-12-9-29(10-13-30)11-14-31-15-18-42(64-24-31)70-25-34-16-17-35(26-70)73(34)33-7-6-8-33)41(74)28-71(69-46(76)44(66-48(77)78)51(3,4)53(61,62)63)27-36-37(54)22-32(23-38(36)55)39-19-20-72(68-39)47(56)57/h9-10,12-13,15,18-20,22-24,33-35,40-41,43-44,47,66,74H,6-8,16-17,21,25-28H2,1-5H3,(H,65,75)(H,67,79)(H,69,76)(H,77,78)/t34?,35?,40-,41-,43+,44+/m0/s1. The summed E-state index contributed by atoms with van der Waals surface area (Å²) < 4.78 is 150. The third kappa shape index (κ3) is 13.9. The van der Waals surface area contributed by atoms with Crippen molar-refractivity contribution >= 4 is 29.8 Å². The molecule has 2 saturated heterocycles. The van der Waals surface area contributed by atoms with Crippen LogP contribution in [-0.2, 0) is 27.3 Å². The number of anilines is 1. The Morgan fingerprint density at radius 2 is 1.36 bits per heavy atom. The van der Waals surface area contributed by atoms with Crippen molar-refractivity contribution in [2.24, 2.45) is 10.8 Å². The van der Waals surface area contributed by atoms with E-state index in [-0.39, 0.29) is 21.5 Å². The van der Waals surface area contributed by atoms with Crippen LogP contribution < -0.4 is 26.3 Å². The summed E-state index contributed by atoms with van der Waals surface area (Å²) >= 11 is 0. The van der Waals surface area contributed by atoms with Crippen LogP contribution in [0.25, 0.3) is 11.3 Å². The number of ether oxygens (including phenoxy) is 1. The van der Waals surface area contributed by atoms with E-state index in [0.717, 1.165) is 51.1 Å². The molecule has 4 amide bonds. The highest BCUT2D eigenvalue weighted by Gasteiger charge is 2.57. The van der Waals surface area contributed by atoms with Gasteiger partial charge in [-0.15, -0.1) is 0 Å². The van der Waals surface area contributed by atoms with E-state index in [1.807, 2.05) is 22.9 Å². The monoisotopic (exact) mass is 1140 g/mol. The van der Waals surface area contributed by atoms with Crippen LogP contribution in [0.4, 0.5) is 59.3 Å². The minimum Gasteiger partial charge on any atom is -0.465 e. The fourth-order valence-corrected chi connectivity index (χ4v) is 9.91. The Bertz CT molecular complexity index is 2890. The zero-order valence-corrected chi connectivity index (χ0v) is 43.9. The van der Waals surface area contributed by atoms with Gasteiger partial charge in [0.2, 0.25) is 5.91 Å². The van der Waals surface area contributed by atoms with Crippen molar-refractivity contribution in [2.75, 3.05) is 31.6 Å². The van der Waals surface area contributed by atoms with Crippen LogP contribution >= 0.6 is 0 Å². The summed E-state index contributed by atoms with van der Waals surface area (Å²) in [6.07, 6.45) is -8.15. The number of carbonyl (C=O) groups excluding carboxylic acids is 3. The summed E-state index contributed by atoms with van der Waals surface area (Å²) in [5, 5.41) is 31.1. The average molecular weight is 1140 g/mol. The fraction of sp³-hybridized carbons (Fsp3) is 0.509. The highest BCUT2D eigenvalue weighted by molar-refractivity contribution is 5.87. The number of carbonyl (C=O) groups is 4. The number of benzene rings is 2. The maximum Gasteiger partial charge on any atom is 0.407 e. The van der Waals surface area contributed by atoms with E-state index in [1.165, 1.54) is 36.7 Å². The number of carboxylic acid groups (broad SMARTS) is 1. The van der Waals surface area contributed by atoms with Gasteiger partial charge in [-0.3, -0.25) is 19.9 Å². The van der Waals surface area contributed by atoms with Crippen LogP contribution in [0.3, 0.4) is 0 Å². The highest BCUT2D eigenvalue weighted by Crippen LogP contribution is 2.43. The number of alkyl halides is 8. The first kappa shape index (κ1) is 60.5. The quantitative estimate of drug-likeness (QED) is 0.0304. The third-order valence-corrected chi connectivity index (χ3v) is 15.1. The van der Waals surface area contributed by atoms with E-state index in [9.17, 15) is 64.5 Å². The molecule has 27 heteroatoms. The number of methoxy groups -OCH3 is 1. The van der Waals surface area contributed by atoms with Gasteiger partial charge in [0.1, 0.15) is 29.5 Å². The maximum atomic E-state index is 16.0. The van der Waals surface area contributed by atoms with Gasteiger partial charge in [0.15, 0.2) is 0 Å². The van der Waals surface area contributed by atoms with Gasteiger partial charge in [0.25, 0.3) is 5.91 Å². The van der Waals surface area contributed by atoms with Crippen molar-refractivity contribution in [3.63, 3.8) is 0 Å². The van der Waals surface area contributed by atoms with Crippen LogP contribution in [0, 0.1) is 34.3 Å². The largest absolute Gasteiger partial charge is 0.465 e. The van der Waals surface area contributed by atoms with Gasteiger partial charge in [0.05, 0.1) is 35.8 Å².